The number of nitrogens with one attached hydrogen (secondary N) is 3. The van der Waals surface area contributed by atoms with E-state index in [0.29, 0.717) is 46.5 Å². The number of carbonyl (C=O) groups is 2. The molecule has 0 spiro atoms. The molecule has 0 aliphatic heterocycles. The third-order valence-electron chi connectivity index (χ3n) is 4.71. The zero-order valence-corrected chi connectivity index (χ0v) is 19.5. The highest BCUT2D eigenvalue weighted by molar-refractivity contribution is 9.10. The second kappa shape index (κ2) is 9.88. The fourth-order valence-corrected chi connectivity index (χ4v) is 3.77. The van der Waals surface area contributed by atoms with Gasteiger partial charge in [0.05, 0.1) is 16.4 Å². The molecule has 3 amide bonds. The van der Waals surface area contributed by atoms with Gasteiger partial charge in [0, 0.05) is 41.0 Å². The van der Waals surface area contributed by atoms with E-state index in [-0.39, 0.29) is 5.91 Å². The number of amides is 3. The second-order valence-corrected chi connectivity index (χ2v) is 8.25. The van der Waals surface area contributed by atoms with Gasteiger partial charge in [-0.2, -0.15) is 9.61 Å². The van der Waals surface area contributed by atoms with Crippen molar-refractivity contribution in [2.75, 3.05) is 23.7 Å². The Bertz CT molecular complexity index is 1320. The number of hydrogen-bond acceptors (Lipinski definition) is 5. The van der Waals surface area contributed by atoms with Gasteiger partial charge in [0.2, 0.25) is 0 Å². The number of benzene rings is 2. The van der Waals surface area contributed by atoms with E-state index < -0.39 is 6.03 Å². The molecule has 168 valence electrons. The predicted molar refractivity (Wildman–Crippen MR) is 132 cm³/mol. The Kier molecular flexibility index (Phi) is 6.76. The number of aromatic nitrogens is 3. The minimum Gasteiger partial charge on any atom is -0.368 e. The third-order valence-corrected chi connectivity index (χ3v) is 5.60. The predicted octanol–water partition coefficient (Wildman–Crippen LogP) is 4.14. The van der Waals surface area contributed by atoms with Gasteiger partial charge in [0.25, 0.3) is 5.91 Å². The van der Waals surface area contributed by atoms with Gasteiger partial charge in [-0.05, 0) is 46.3 Å². The van der Waals surface area contributed by atoms with E-state index in [2.05, 4.69) is 42.0 Å². The molecule has 11 heteroatoms. The lowest BCUT2D eigenvalue weighted by molar-refractivity contribution is 0.0955. The average molecular weight is 529 g/mol. The van der Waals surface area contributed by atoms with Crippen molar-refractivity contribution < 1.29 is 9.59 Å². The summed E-state index contributed by atoms with van der Waals surface area (Å²) in [7, 11) is 0. The number of carbonyl (C=O) groups excluding carboxylic acids is 2. The smallest absolute Gasteiger partial charge is 0.316 e. The Balaban J connectivity index is 1.43. The van der Waals surface area contributed by atoms with Crippen LogP contribution in [0.15, 0.2) is 65.3 Å². The van der Waals surface area contributed by atoms with Gasteiger partial charge in [-0.15, -0.1) is 0 Å². The summed E-state index contributed by atoms with van der Waals surface area (Å²) in [5.41, 5.74) is 8.21. The molecule has 4 aromatic rings. The van der Waals surface area contributed by atoms with E-state index in [4.69, 9.17) is 17.3 Å². The first-order valence-electron chi connectivity index (χ1n) is 9.90. The van der Waals surface area contributed by atoms with Crippen molar-refractivity contribution in [2.24, 2.45) is 5.73 Å². The minimum atomic E-state index is -0.662. The summed E-state index contributed by atoms with van der Waals surface area (Å²) in [6, 6.07) is 15.1. The highest BCUT2D eigenvalue weighted by atomic mass is 79.9. The molecule has 0 fully saturated rings. The molecule has 5 N–H and O–H groups in total. The lowest BCUT2D eigenvalue weighted by Gasteiger charge is -2.12. The molecule has 0 bridgehead atoms. The van der Waals surface area contributed by atoms with Crippen molar-refractivity contribution in [3.05, 3.63) is 75.9 Å². The second-order valence-electron chi connectivity index (χ2n) is 6.98. The van der Waals surface area contributed by atoms with Crippen LogP contribution in [0.25, 0.3) is 16.9 Å². The fraction of sp³-hybridized carbons (Fsp3) is 0.0909. The van der Waals surface area contributed by atoms with Crippen LogP contribution in [0.2, 0.25) is 5.02 Å². The first-order valence-corrected chi connectivity index (χ1v) is 11.1. The maximum absolute atomic E-state index is 12.4. The molecule has 0 aliphatic carbocycles. The summed E-state index contributed by atoms with van der Waals surface area (Å²) >= 11 is 9.84. The Labute approximate surface area is 202 Å². The Morgan fingerprint density at radius 1 is 1.09 bits per heavy atom. The van der Waals surface area contributed by atoms with Crippen molar-refractivity contribution in [2.45, 2.75) is 0 Å². The molecule has 33 heavy (non-hydrogen) atoms. The van der Waals surface area contributed by atoms with Crippen LogP contribution in [0.4, 0.5) is 16.3 Å². The molecule has 2 aromatic heterocycles. The number of fused-ring (bicyclic) bond motifs is 1. The van der Waals surface area contributed by atoms with E-state index in [1.54, 1.807) is 35.0 Å². The summed E-state index contributed by atoms with van der Waals surface area (Å²) in [5.74, 6) is 0.470. The van der Waals surface area contributed by atoms with Gasteiger partial charge in [0.15, 0.2) is 5.65 Å². The number of urea groups is 1. The number of halogens is 2. The molecule has 0 atom stereocenters. The van der Waals surface area contributed by atoms with E-state index in [1.165, 1.54) is 0 Å². The van der Waals surface area contributed by atoms with Crippen molar-refractivity contribution in [3.63, 3.8) is 0 Å². The first kappa shape index (κ1) is 22.6. The van der Waals surface area contributed by atoms with Crippen molar-refractivity contribution in [1.29, 1.82) is 0 Å². The quantitative estimate of drug-likeness (QED) is 0.268. The highest BCUT2D eigenvalue weighted by Crippen LogP contribution is 2.30. The molecular weight excluding hydrogens is 510 g/mol. The van der Waals surface area contributed by atoms with Gasteiger partial charge in [-0.25, -0.2) is 9.78 Å². The lowest BCUT2D eigenvalue weighted by Crippen LogP contribution is -2.29. The Hall–Kier alpha value is -3.63. The van der Waals surface area contributed by atoms with Crippen molar-refractivity contribution in [3.8, 4) is 11.3 Å². The SMILES string of the molecule is NC(=O)Nc1ccc(C(=O)NCCNc2cc(-c3ccccc3Cl)nc3c(Br)cnn23)cc1. The lowest BCUT2D eigenvalue weighted by atomic mass is 10.1. The van der Waals surface area contributed by atoms with Gasteiger partial charge >= 0.3 is 6.03 Å². The van der Waals surface area contributed by atoms with Crippen LogP contribution in [-0.2, 0) is 0 Å². The van der Waals surface area contributed by atoms with E-state index in [0.717, 1.165) is 10.0 Å². The van der Waals surface area contributed by atoms with Crippen LogP contribution < -0.4 is 21.7 Å². The third kappa shape index (κ3) is 5.24. The fourth-order valence-electron chi connectivity index (χ4n) is 3.18. The van der Waals surface area contributed by atoms with Crippen LogP contribution >= 0.6 is 27.5 Å². The molecule has 0 unspecified atom stereocenters. The molecule has 0 aliphatic rings. The normalized spacial score (nSPS) is 10.7. The summed E-state index contributed by atoms with van der Waals surface area (Å²) in [6.45, 7) is 0.819. The summed E-state index contributed by atoms with van der Waals surface area (Å²) in [4.78, 5) is 27.9. The zero-order valence-electron chi connectivity index (χ0n) is 17.2. The van der Waals surface area contributed by atoms with Crippen LogP contribution in [0, 0.1) is 0 Å². The summed E-state index contributed by atoms with van der Waals surface area (Å²) in [5, 5.41) is 13.5. The molecule has 0 saturated heterocycles. The van der Waals surface area contributed by atoms with Gasteiger partial charge in [-0.1, -0.05) is 29.8 Å². The number of nitrogens with zero attached hydrogens (tertiary/aromatic N) is 3. The van der Waals surface area contributed by atoms with E-state index >= 15 is 0 Å². The largest absolute Gasteiger partial charge is 0.368 e. The van der Waals surface area contributed by atoms with Crippen LogP contribution in [-0.4, -0.2) is 39.6 Å². The van der Waals surface area contributed by atoms with Crippen molar-refractivity contribution in [1.82, 2.24) is 19.9 Å². The standard InChI is InChI=1S/C22H19BrClN7O2/c23-16-12-28-31-19(11-18(30-20(16)31)15-3-1-2-4-17(15)24)26-9-10-27-21(32)13-5-7-14(8-6-13)29-22(25)33/h1-8,11-12,26H,9-10H2,(H,27,32)(H3,25,29,33). The van der Waals surface area contributed by atoms with Crippen LogP contribution in [0.3, 0.4) is 0 Å². The molecule has 4 rings (SSSR count). The van der Waals surface area contributed by atoms with Gasteiger partial charge < -0.3 is 21.7 Å². The first-order chi connectivity index (χ1) is 15.9. The molecular formula is C22H19BrClN7O2. The van der Waals surface area contributed by atoms with Crippen LogP contribution in [0.1, 0.15) is 10.4 Å². The maximum Gasteiger partial charge on any atom is 0.316 e. The highest BCUT2D eigenvalue weighted by Gasteiger charge is 2.13. The molecule has 2 heterocycles. The number of nitrogens with two attached hydrogens (primary N) is 1. The van der Waals surface area contributed by atoms with E-state index in [9.17, 15) is 9.59 Å². The van der Waals surface area contributed by atoms with Crippen LogP contribution in [0.5, 0.6) is 0 Å². The summed E-state index contributed by atoms with van der Waals surface area (Å²) in [6.07, 6.45) is 1.67. The molecule has 9 nitrogen and oxygen atoms in total. The number of primary amides is 1. The monoisotopic (exact) mass is 527 g/mol. The Morgan fingerprint density at radius 3 is 2.58 bits per heavy atom. The molecule has 2 aromatic carbocycles. The average Bonchev–Trinajstić information content (AvgIpc) is 3.17. The Morgan fingerprint density at radius 2 is 1.85 bits per heavy atom. The zero-order chi connectivity index (χ0) is 23.4. The van der Waals surface area contributed by atoms with Crippen molar-refractivity contribution >= 4 is 56.6 Å². The van der Waals surface area contributed by atoms with Gasteiger partial charge in [0.1, 0.15) is 5.82 Å². The summed E-state index contributed by atoms with van der Waals surface area (Å²) < 4.78 is 2.43. The number of rotatable bonds is 7. The molecule has 0 radical (unpaired) electrons. The van der Waals surface area contributed by atoms with E-state index in [1.807, 2.05) is 30.3 Å². The topological polar surface area (TPSA) is 126 Å². The number of anilines is 2. The number of hydrogen-bond donors (Lipinski definition) is 4. The minimum absolute atomic E-state index is 0.235. The van der Waals surface area contributed by atoms with Gasteiger partial charge in [-0.3, -0.25) is 4.79 Å². The maximum atomic E-state index is 12.4. The molecule has 0 saturated carbocycles.